The van der Waals surface area contributed by atoms with Gasteiger partial charge in [0.15, 0.2) is 6.61 Å². The molecule has 1 unspecified atom stereocenters. The van der Waals surface area contributed by atoms with Crippen molar-refractivity contribution in [1.29, 1.82) is 5.26 Å². The number of nitriles is 1. The van der Waals surface area contributed by atoms with E-state index in [9.17, 15) is 4.79 Å². The molecular formula is C15H20N2O2. The van der Waals surface area contributed by atoms with Crippen LogP contribution in [-0.4, -0.2) is 30.5 Å². The number of carbonyl (C=O) groups is 1. The summed E-state index contributed by atoms with van der Waals surface area (Å²) in [5, 5.41) is 8.68. The lowest BCUT2D eigenvalue weighted by Gasteiger charge is -2.24. The van der Waals surface area contributed by atoms with E-state index in [1.54, 1.807) is 36.2 Å². The second kappa shape index (κ2) is 7.42. The van der Waals surface area contributed by atoms with Crippen molar-refractivity contribution in [3.63, 3.8) is 0 Å². The van der Waals surface area contributed by atoms with E-state index in [1.807, 2.05) is 13.0 Å². The molecule has 0 aromatic heterocycles. The van der Waals surface area contributed by atoms with E-state index in [4.69, 9.17) is 10.00 Å². The number of likely N-dealkylation sites (N-methyl/N-ethyl adjacent to an activating group) is 1. The van der Waals surface area contributed by atoms with Crippen molar-refractivity contribution in [2.75, 3.05) is 13.7 Å². The average Bonchev–Trinajstić information content (AvgIpc) is 2.44. The summed E-state index contributed by atoms with van der Waals surface area (Å²) in [6.45, 7) is 4.15. The van der Waals surface area contributed by atoms with Gasteiger partial charge in [0.1, 0.15) is 5.75 Å². The summed E-state index contributed by atoms with van der Waals surface area (Å²) in [7, 11) is 1.80. The van der Waals surface area contributed by atoms with Crippen molar-refractivity contribution in [2.24, 2.45) is 0 Å². The minimum atomic E-state index is -0.0368. The zero-order chi connectivity index (χ0) is 14.3. The molecule has 4 heteroatoms. The van der Waals surface area contributed by atoms with Gasteiger partial charge in [0, 0.05) is 13.1 Å². The largest absolute Gasteiger partial charge is 0.484 e. The summed E-state index contributed by atoms with van der Waals surface area (Å²) >= 11 is 0. The maximum absolute atomic E-state index is 11.9. The van der Waals surface area contributed by atoms with Crippen LogP contribution in [-0.2, 0) is 4.79 Å². The lowest BCUT2D eigenvalue weighted by Crippen LogP contribution is -2.38. The van der Waals surface area contributed by atoms with E-state index in [1.165, 1.54) is 0 Å². The Morgan fingerprint density at radius 2 is 2.05 bits per heavy atom. The average molecular weight is 260 g/mol. The first-order valence-electron chi connectivity index (χ1n) is 6.47. The van der Waals surface area contributed by atoms with Gasteiger partial charge in [0.2, 0.25) is 0 Å². The molecule has 1 amide bonds. The molecule has 0 heterocycles. The van der Waals surface area contributed by atoms with Crippen molar-refractivity contribution in [3.05, 3.63) is 29.8 Å². The molecule has 0 N–H and O–H groups in total. The van der Waals surface area contributed by atoms with Crippen molar-refractivity contribution in [3.8, 4) is 11.8 Å². The van der Waals surface area contributed by atoms with Crippen LogP contribution in [0.25, 0.3) is 0 Å². The summed E-state index contributed by atoms with van der Waals surface area (Å²) in [6.07, 6.45) is 2.04. The maximum Gasteiger partial charge on any atom is 0.260 e. The Morgan fingerprint density at radius 1 is 1.42 bits per heavy atom. The molecule has 102 valence electrons. The fraction of sp³-hybridized carbons (Fsp3) is 0.467. The third-order valence-electron chi connectivity index (χ3n) is 3.11. The molecule has 0 fully saturated rings. The summed E-state index contributed by atoms with van der Waals surface area (Å²) in [5.74, 6) is 0.564. The van der Waals surface area contributed by atoms with Crippen LogP contribution < -0.4 is 4.74 Å². The Balaban J connectivity index is 2.47. The molecule has 4 nitrogen and oxygen atoms in total. The van der Waals surface area contributed by atoms with Crippen LogP contribution in [0, 0.1) is 11.3 Å². The maximum atomic E-state index is 11.9. The van der Waals surface area contributed by atoms with Gasteiger partial charge in [-0.25, -0.2) is 0 Å². The normalized spacial score (nSPS) is 11.5. The van der Waals surface area contributed by atoms with Gasteiger partial charge < -0.3 is 9.64 Å². The van der Waals surface area contributed by atoms with Crippen LogP contribution in [0.1, 0.15) is 32.3 Å². The Hall–Kier alpha value is -2.02. The highest BCUT2D eigenvalue weighted by Crippen LogP contribution is 2.12. The molecule has 1 aromatic rings. The van der Waals surface area contributed by atoms with E-state index in [-0.39, 0.29) is 18.6 Å². The third kappa shape index (κ3) is 4.63. The van der Waals surface area contributed by atoms with Gasteiger partial charge in [-0.05, 0) is 37.6 Å². The zero-order valence-corrected chi connectivity index (χ0v) is 11.7. The second-order valence-corrected chi connectivity index (χ2v) is 4.57. The first-order chi connectivity index (χ1) is 9.08. The van der Waals surface area contributed by atoms with Gasteiger partial charge in [-0.15, -0.1) is 0 Å². The van der Waals surface area contributed by atoms with Crippen molar-refractivity contribution < 1.29 is 9.53 Å². The highest BCUT2D eigenvalue weighted by molar-refractivity contribution is 5.77. The van der Waals surface area contributed by atoms with E-state index < -0.39 is 0 Å². The number of hydrogen-bond donors (Lipinski definition) is 0. The molecule has 0 bridgehead atoms. The molecule has 1 aromatic carbocycles. The summed E-state index contributed by atoms with van der Waals surface area (Å²) in [4.78, 5) is 13.6. The quantitative estimate of drug-likeness (QED) is 0.790. The number of nitrogens with zero attached hydrogens (tertiary/aromatic N) is 2. The molecule has 0 radical (unpaired) electrons. The molecule has 0 aliphatic carbocycles. The smallest absolute Gasteiger partial charge is 0.260 e. The standard InChI is InChI=1S/C15H20N2O2/c1-4-5-12(2)17(3)15(18)11-19-14-8-6-13(10-16)7-9-14/h6-9,12H,4-5,11H2,1-3H3. The first kappa shape index (κ1) is 15.0. The third-order valence-corrected chi connectivity index (χ3v) is 3.11. The predicted molar refractivity (Wildman–Crippen MR) is 73.8 cm³/mol. The molecule has 0 spiro atoms. The molecule has 19 heavy (non-hydrogen) atoms. The fourth-order valence-corrected chi connectivity index (χ4v) is 1.73. The Morgan fingerprint density at radius 3 is 2.58 bits per heavy atom. The number of ether oxygens (including phenoxy) is 1. The Kier molecular flexibility index (Phi) is 5.87. The van der Waals surface area contributed by atoms with Crippen LogP contribution in [0.5, 0.6) is 5.75 Å². The van der Waals surface area contributed by atoms with Gasteiger partial charge in [-0.2, -0.15) is 5.26 Å². The number of hydrogen-bond acceptors (Lipinski definition) is 3. The molecule has 1 rings (SSSR count). The first-order valence-corrected chi connectivity index (χ1v) is 6.47. The van der Waals surface area contributed by atoms with Crippen LogP contribution in [0.15, 0.2) is 24.3 Å². The van der Waals surface area contributed by atoms with Gasteiger partial charge in [-0.3, -0.25) is 4.79 Å². The highest BCUT2D eigenvalue weighted by atomic mass is 16.5. The Bertz CT molecular complexity index is 448. The van der Waals surface area contributed by atoms with Crippen molar-refractivity contribution >= 4 is 5.91 Å². The second-order valence-electron chi connectivity index (χ2n) is 4.57. The molecule has 0 saturated heterocycles. The molecule has 0 aliphatic heterocycles. The van der Waals surface area contributed by atoms with Crippen LogP contribution in [0.4, 0.5) is 0 Å². The SMILES string of the molecule is CCCC(C)N(C)C(=O)COc1ccc(C#N)cc1. The predicted octanol–water partition coefficient (Wildman–Crippen LogP) is 2.58. The van der Waals surface area contributed by atoms with Gasteiger partial charge >= 0.3 is 0 Å². The number of amides is 1. The van der Waals surface area contributed by atoms with Gasteiger partial charge in [-0.1, -0.05) is 13.3 Å². The van der Waals surface area contributed by atoms with Crippen molar-refractivity contribution in [2.45, 2.75) is 32.7 Å². The highest BCUT2D eigenvalue weighted by Gasteiger charge is 2.15. The number of rotatable bonds is 6. The van der Waals surface area contributed by atoms with Crippen molar-refractivity contribution in [1.82, 2.24) is 4.90 Å². The van der Waals surface area contributed by atoms with E-state index in [0.717, 1.165) is 12.8 Å². The van der Waals surface area contributed by atoms with E-state index in [0.29, 0.717) is 11.3 Å². The summed E-state index contributed by atoms with van der Waals surface area (Å²) in [5.41, 5.74) is 0.576. The van der Waals surface area contributed by atoms with Gasteiger partial charge in [0.05, 0.1) is 11.6 Å². The minimum absolute atomic E-state index is 0.0243. The molecular weight excluding hydrogens is 240 g/mol. The van der Waals surface area contributed by atoms with Crippen LogP contribution in [0.2, 0.25) is 0 Å². The fourth-order valence-electron chi connectivity index (χ4n) is 1.73. The number of carbonyl (C=O) groups excluding carboxylic acids is 1. The van der Waals surface area contributed by atoms with E-state index in [2.05, 4.69) is 6.92 Å². The lowest BCUT2D eigenvalue weighted by atomic mass is 10.2. The molecule has 1 atom stereocenters. The molecule has 0 saturated carbocycles. The number of benzene rings is 1. The summed E-state index contributed by atoms with van der Waals surface area (Å²) < 4.78 is 5.42. The zero-order valence-electron chi connectivity index (χ0n) is 11.7. The minimum Gasteiger partial charge on any atom is -0.484 e. The van der Waals surface area contributed by atoms with Crippen LogP contribution >= 0.6 is 0 Å². The Labute approximate surface area is 114 Å². The van der Waals surface area contributed by atoms with E-state index >= 15 is 0 Å². The topological polar surface area (TPSA) is 53.3 Å². The molecule has 0 aliphatic rings. The summed E-state index contributed by atoms with van der Waals surface area (Å²) in [6, 6.07) is 8.99. The van der Waals surface area contributed by atoms with Crippen LogP contribution in [0.3, 0.4) is 0 Å². The van der Waals surface area contributed by atoms with Gasteiger partial charge in [0.25, 0.3) is 5.91 Å². The lowest BCUT2D eigenvalue weighted by molar-refractivity contribution is -0.133. The monoisotopic (exact) mass is 260 g/mol.